The second-order valence-electron chi connectivity index (χ2n) is 4.85. The van der Waals surface area contributed by atoms with Crippen LogP contribution in [0, 0.1) is 0 Å². The van der Waals surface area contributed by atoms with E-state index < -0.39 is 13.1 Å². The summed E-state index contributed by atoms with van der Waals surface area (Å²) < 4.78 is 21.8. The Morgan fingerprint density at radius 1 is 1.05 bits per heavy atom. The van der Waals surface area contributed by atoms with Gasteiger partial charge in [0.15, 0.2) is 0 Å². The second kappa shape index (κ2) is 10.7. The van der Waals surface area contributed by atoms with Gasteiger partial charge in [0.1, 0.15) is 4.32 Å². The molecule has 7 heteroatoms. The molecule has 0 rings (SSSR count). The van der Waals surface area contributed by atoms with Gasteiger partial charge in [-0.2, -0.15) is 0 Å². The molecule has 0 saturated carbocycles. The van der Waals surface area contributed by atoms with Gasteiger partial charge >= 0.3 is 14.8 Å². The predicted molar refractivity (Wildman–Crippen MR) is 88.6 cm³/mol. The maximum atomic E-state index is 12.2. The first-order valence-corrected chi connectivity index (χ1v) is 10.4. The number of ether oxygens (including phenoxy) is 1. The minimum Gasteiger partial charge on any atom is -0.465 e. The van der Waals surface area contributed by atoms with Crippen molar-refractivity contribution >= 4 is 30.7 Å². The third kappa shape index (κ3) is 7.74. The minimum atomic E-state index is -2.89. The Kier molecular flexibility index (Phi) is 10.7. The number of alkyl halides is 1. The molecule has 0 fully saturated rings. The molecular weight excluding hydrogens is 356 g/mol. The maximum Gasteiger partial charge on any atom is 0.502 e. The van der Waals surface area contributed by atoms with Crippen LogP contribution in [-0.2, 0) is 22.8 Å². The van der Waals surface area contributed by atoms with E-state index in [-0.39, 0.29) is 5.97 Å². The Labute approximate surface area is 138 Å². The summed E-state index contributed by atoms with van der Waals surface area (Å²) in [5, 5.41) is 0. The first kappa shape index (κ1) is 21.0. The summed E-state index contributed by atoms with van der Waals surface area (Å²) in [5.74, 6) is -0.299. The third-order valence-corrected chi connectivity index (χ3v) is 7.25. The van der Waals surface area contributed by atoms with E-state index in [1.54, 1.807) is 6.92 Å². The highest BCUT2D eigenvalue weighted by Crippen LogP contribution is 2.32. The first-order chi connectivity index (χ1) is 9.87. The Bertz CT molecular complexity index is 282. The van der Waals surface area contributed by atoms with Crippen molar-refractivity contribution < 1.29 is 22.8 Å². The van der Waals surface area contributed by atoms with E-state index in [0.717, 1.165) is 12.8 Å². The van der Waals surface area contributed by atoms with Crippen molar-refractivity contribution in [3.05, 3.63) is 0 Å². The van der Waals surface area contributed by atoms with Gasteiger partial charge in [-0.25, -0.2) is 0 Å². The first-order valence-electron chi connectivity index (χ1n) is 7.65. The molecule has 0 aliphatic rings. The van der Waals surface area contributed by atoms with Gasteiger partial charge in [0.25, 0.3) is 0 Å². The molecule has 0 aromatic carbocycles. The standard InChI is InChI=1S/C14H29BrO5Si/c1-6-10-11-17-13(16)14(5,15)12-21(18-7-2,19-8-3)20-9-4/h6-12H2,1-5H3. The summed E-state index contributed by atoms with van der Waals surface area (Å²) in [6.07, 6.45) is 1.85. The van der Waals surface area contributed by atoms with E-state index in [4.69, 9.17) is 18.0 Å². The van der Waals surface area contributed by atoms with E-state index in [2.05, 4.69) is 22.9 Å². The van der Waals surface area contributed by atoms with Crippen molar-refractivity contribution in [2.24, 2.45) is 0 Å². The lowest BCUT2D eigenvalue weighted by Crippen LogP contribution is -2.52. The molecule has 0 aliphatic carbocycles. The number of hydrogen-bond donors (Lipinski definition) is 0. The van der Waals surface area contributed by atoms with E-state index >= 15 is 0 Å². The van der Waals surface area contributed by atoms with Crippen molar-refractivity contribution in [1.82, 2.24) is 0 Å². The van der Waals surface area contributed by atoms with Crippen molar-refractivity contribution in [2.45, 2.75) is 57.8 Å². The normalized spacial score (nSPS) is 14.8. The third-order valence-electron chi connectivity index (χ3n) is 2.80. The molecule has 1 atom stereocenters. The molecule has 0 saturated heterocycles. The highest BCUT2D eigenvalue weighted by atomic mass is 79.9. The van der Waals surface area contributed by atoms with E-state index in [0.29, 0.717) is 32.5 Å². The summed E-state index contributed by atoms with van der Waals surface area (Å²) in [4.78, 5) is 12.2. The van der Waals surface area contributed by atoms with Gasteiger partial charge in [0, 0.05) is 25.9 Å². The summed E-state index contributed by atoms with van der Waals surface area (Å²) in [6.45, 7) is 11.4. The zero-order valence-corrected chi connectivity index (χ0v) is 16.5. The van der Waals surface area contributed by atoms with Crippen LogP contribution in [0.3, 0.4) is 0 Å². The van der Waals surface area contributed by atoms with E-state index in [1.165, 1.54) is 0 Å². The minimum absolute atomic E-state index is 0.299. The van der Waals surface area contributed by atoms with Crippen molar-refractivity contribution in [1.29, 1.82) is 0 Å². The van der Waals surface area contributed by atoms with Crippen molar-refractivity contribution in [3.63, 3.8) is 0 Å². The van der Waals surface area contributed by atoms with Crippen LogP contribution in [0.15, 0.2) is 0 Å². The monoisotopic (exact) mass is 384 g/mol. The Balaban J connectivity index is 4.88. The quantitative estimate of drug-likeness (QED) is 0.223. The van der Waals surface area contributed by atoms with Crippen LogP contribution >= 0.6 is 15.9 Å². The lowest BCUT2D eigenvalue weighted by atomic mass is 10.2. The molecule has 0 aliphatic heterocycles. The van der Waals surface area contributed by atoms with Gasteiger partial charge in [0.2, 0.25) is 0 Å². The topological polar surface area (TPSA) is 54.0 Å². The Hall–Kier alpha value is 0.0469. The molecule has 0 heterocycles. The molecule has 1 unspecified atom stereocenters. The van der Waals surface area contributed by atoms with Crippen LogP contribution in [0.2, 0.25) is 6.04 Å². The van der Waals surface area contributed by atoms with Gasteiger partial charge in [-0.15, -0.1) is 0 Å². The molecule has 0 radical (unpaired) electrons. The molecule has 5 nitrogen and oxygen atoms in total. The predicted octanol–water partition coefficient (Wildman–Crippen LogP) is 3.53. The highest BCUT2D eigenvalue weighted by molar-refractivity contribution is 9.10. The second-order valence-corrected chi connectivity index (χ2v) is 9.18. The van der Waals surface area contributed by atoms with Crippen LogP contribution in [0.1, 0.15) is 47.5 Å². The fourth-order valence-corrected chi connectivity index (χ4v) is 5.85. The summed E-state index contributed by atoms with van der Waals surface area (Å²) in [7, 11) is -2.89. The van der Waals surface area contributed by atoms with Crippen LogP contribution < -0.4 is 0 Å². The summed E-state index contributed by atoms with van der Waals surface area (Å²) in [6, 6.07) is 0.348. The zero-order valence-electron chi connectivity index (χ0n) is 13.9. The molecule has 0 spiro atoms. The molecular formula is C14H29BrO5Si. The summed E-state index contributed by atoms with van der Waals surface area (Å²) in [5.41, 5.74) is 0. The fraction of sp³-hybridized carbons (Fsp3) is 0.929. The number of halogens is 1. The molecule has 0 amide bonds. The smallest absolute Gasteiger partial charge is 0.465 e. The SMILES string of the molecule is CCCCOC(=O)C(C)(Br)C[Si](OCC)(OCC)OCC. The summed E-state index contributed by atoms with van der Waals surface area (Å²) >= 11 is 3.47. The van der Waals surface area contributed by atoms with Crippen molar-refractivity contribution in [2.75, 3.05) is 26.4 Å². The van der Waals surface area contributed by atoms with Gasteiger partial charge < -0.3 is 18.0 Å². The number of hydrogen-bond acceptors (Lipinski definition) is 5. The van der Waals surface area contributed by atoms with E-state index in [1.807, 2.05) is 20.8 Å². The van der Waals surface area contributed by atoms with Gasteiger partial charge in [-0.1, -0.05) is 29.3 Å². The largest absolute Gasteiger partial charge is 0.502 e. The number of unbranched alkanes of at least 4 members (excludes halogenated alkanes) is 1. The van der Waals surface area contributed by atoms with Gasteiger partial charge in [0.05, 0.1) is 6.61 Å². The molecule has 0 aromatic rings. The number of esters is 1. The molecule has 0 N–H and O–H groups in total. The number of carbonyl (C=O) groups is 1. The van der Waals surface area contributed by atoms with Crippen LogP contribution in [0.4, 0.5) is 0 Å². The molecule has 0 aromatic heterocycles. The zero-order chi connectivity index (χ0) is 16.4. The molecule has 21 heavy (non-hydrogen) atoms. The fourth-order valence-electron chi connectivity index (χ4n) is 1.88. The number of rotatable bonds is 12. The van der Waals surface area contributed by atoms with E-state index in [9.17, 15) is 4.79 Å². The van der Waals surface area contributed by atoms with Gasteiger partial charge in [-0.05, 0) is 34.1 Å². The molecule has 126 valence electrons. The van der Waals surface area contributed by atoms with Crippen molar-refractivity contribution in [3.8, 4) is 0 Å². The average Bonchev–Trinajstić information content (AvgIpc) is 2.39. The lowest BCUT2D eigenvalue weighted by Gasteiger charge is -2.33. The maximum absolute atomic E-state index is 12.2. The van der Waals surface area contributed by atoms with Crippen LogP contribution in [0.25, 0.3) is 0 Å². The lowest BCUT2D eigenvalue weighted by molar-refractivity contribution is -0.145. The highest BCUT2D eigenvalue weighted by Gasteiger charge is 2.50. The Morgan fingerprint density at radius 3 is 1.90 bits per heavy atom. The average molecular weight is 385 g/mol. The Morgan fingerprint density at radius 2 is 1.52 bits per heavy atom. The van der Waals surface area contributed by atoms with Crippen LogP contribution in [-0.4, -0.2) is 45.5 Å². The van der Waals surface area contributed by atoms with Crippen LogP contribution in [0.5, 0.6) is 0 Å². The molecule has 0 bridgehead atoms. The van der Waals surface area contributed by atoms with Gasteiger partial charge in [-0.3, -0.25) is 4.79 Å². The number of carbonyl (C=O) groups excluding carboxylic acids is 1.